The molecule has 0 aromatic heterocycles. The van der Waals surface area contributed by atoms with Crippen LogP contribution < -0.4 is 5.32 Å². The first-order valence-electron chi connectivity index (χ1n) is 6.63. The van der Waals surface area contributed by atoms with Gasteiger partial charge in [-0.25, -0.2) is 0 Å². The van der Waals surface area contributed by atoms with Crippen molar-refractivity contribution in [3.05, 3.63) is 33.4 Å². The van der Waals surface area contributed by atoms with Gasteiger partial charge in [0.25, 0.3) is 5.91 Å². The minimum Gasteiger partial charge on any atom is -0.351 e. The average Bonchev–Trinajstić information content (AvgIpc) is 2.38. The van der Waals surface area contributed by atoms with Gasteiger partial charge in [-0.3, -0.25) is 4.79 Å². The first-order valence-corrected chi connectivity index (χ1v) is 7.71. The Morgan fingerprint density at radius 1 is 1.28 bits per heavy atom. The van der Waals surface area contributed by atoms with Crippen molar-refractivity contribution in [3.8, 4) is 0 Å². The molecule has 1 fully saturated rings. The van der Waals surface area contributed by atoms with Crippen LogP contribution in [0.15, 0.2) is 24.3 Å². The molecule has 1 N–H and O–H groups in total. The smallest absolute Gasteiger partial charge is 0.252 e. The molecule has 0 aliphatic heterocycles. The Labute approximate surface area is 123 Å². The summed E-state index contributed by atoms with van der Waals surface area (Å²) < 4.78 is 1.02. The second-order valence-electron chi connectivity index (χ2n) is 5.53. The fourth-order valence-corrected chi connectivity index (χ4v) is 3.25. The number of nitrogens with one attached hydrogen (secondary N) is 1. The van der Waals surface area contributed by atoms with Crippen molar-refractivity contribution >= 4 is 28.5 Å². The van der Waals surface area contributed by atoms with Crippen molar-refractivity contribution in [2.24, 2.45) is 5.41 Å². The number of rotatable bonds is 3. The fourth-order valence-electron chi connectivity index (χ4n) is 2.62. The molecule has 0 heterocycles. The summed E-state index contributed by atoms with van der Waals surface area (Å²) in [7, 11) is 0. The van der Waals surface area contributed by atoms with Crippen LogP contribution in [0.1, 0.15) is 49.4 Å². The highest BCUT2D eigenvalue weighted by Crippen LogP contribution is 2.34. The van der Waals surface area contributed by atoms with Crippen LogP contribution in [0.2, 0.25) is 0 Å². The van der Waals surface area contributed by atoms with Gasteiger partial charge in [0.15, 0.2) is 0 Å². The molecular formula is C15H20INO. The zero-order valence-corrected chi connectivity index (χ0v) is 13.0. The Morgan fingerprint density at radius 3 is 2.61 bits per heavy atom. The van der Waals surface area contributed by atoms with Crippen LogP contribution in [0.25, 0.3) is 0 Å². The minimum atomic E-state index is 0.0619. The second kappa shape index (κ2) is 6.04. The topological polar surface area (TPSA) is 29.1 Å². The van der Waals surface area contributed by atoms with Gasteiger partial charge in [-0.1, -0.05) is 38.3 Å². The van der Waals surface area contributed by atoms with E-state index in [9.17, 15) is 4.79 Å². The number of hydrogen-bond donors (Lipinski definition) is 1. The van der Waals surface area contributed by atoms with Crippen LogP contribution in [0.3, 0.4) is 0 Å². The summed E-state index contributed by atoms with van der Waals surface area (Å²) >= 11 is 2.21. The standard InChI is InChI=1S/C15H20INO/c1-15(9-5-2-6-10-15)11-17-14(18)12-7-3-4-8-13(12)16/h3-4,7-8H,2,5-6,9-11H2,1H3,(H,17,18). The molecule has 1 aromatic rings. The third-order valence-electron chi connectivity index (χ3n) is 3.85. The molecule has 0 unspecified atom stereocenters. The molecule has 0 bridgehead atoms. The highest BCUT2D eigenvalue weighted by molar-refractivity contribution is 14.1. The molecule has 1 aliphatic carbocycles. The quantitative estimate of drug-likeness (QED) is 0.815. The lowest BCUT2D eigenvalue weighted by Gasteiger charge is -2.33. The predicted octanol–water partition coefficient (Wildman–Crippen LogP) is 3.99. The van der Waals surface area contributed by atoms with Crippen molar-refractivity contribution in [2.75, 3.05) is 6.54 Å². The molecule has 0 atom stereocenters. The lowest BCUT2D eigenvalue weighted by atomic mass is 9.76. The summed E-state index contributed by atoms with van der Waals surface area (Å²) in [6.07, 6.45) is 6.42. The zero-order valence-electron chi connectivity index (χ0n) is 10.8. The van der Waals surface area contributed by atoms with E-state index in [4.69, 9.17) is 0 Å². The monoisotopic (exact) mass is 357 g/mol. The first-order chi connectivity index (χ1) is 8.61. The van der Waals surface area contributed by atoms with Gasteiger partial charge in [0.1, 0.15) is 0 Å². The van der Waals surface area contributed by atoms with Crippen molar-refractivity contribution in [2.45, 2.75) is 39.0 Å². The van der Waals surface area contributed by atoms with E-state index in [2.05, 4.69) is 34.8 Å². The van der Waals surface area contributed by atoms with Gasteiger partial charge in [0.05, 0.1) is 5.56 Å². The van der Waals surface area contributed by atoms with E-state index in [-0.39, 0.29) is 5.91 Å². The average molecular weight is 357 g/mol. The number of hydrogen-bond acceptors (Lipinski definition) is 1. The molecule has 2 nitrogen and oxygen atoms in total. The molecule has 0 spiro atoms. The summed E-state index contributed by atoms with van der Waals surface area (Å²) in [4.78, 5) is 12.1. The van der Waals surface area contributed by atoms with E-state index in [1.807, 2.05) is 24.3 Å². The molecule has 0 radical (unpaired) electrons. The van der Waals surface area contributed by atoms with Gasteiger partial charge in [0, 0.05) is 10.1 Å². The van der Waals surface area contributed by atoms with Crippen LogP contribution in [-0.4, -0.2) is 12.5 Å². The van der Waals surface area contributed by atoms with E-state index >= 15 is 0 Å². The Hall–Kier alpha value is -0.580. The minimum absolute atomic E-state index is 0.0619. The Morgan fingerprint density at radius 2 is 1.94 bits per heavy atom. The Balaban J connectivity index is 1.94. The Kier molecular flexibility index (Phi) is 4.65. The molecule has 18 heavy (non-hydrogen) atoms. The maximum absolute atomic E-state index is 12.1. The van der Waals surface area contributed by atoms with Gasteiger partial charge in [-0.05, 0) is 53.0 Å². The molecule has 1 aromatic carbocycles. The molecular weight excluding hydrogens is 337 g/mol. The summed E-state index contributed by atoms with van der Waals surface area (Å²) in [6, 6.07) is 7.73. The molecule has 2 rings (SSSR count). The molecule has 1 amide bonds. The van der Waals surface area contributed by atoms with Crippen molar-refractivity contribution in [1.29, 1.82) is 0 Å². The first kappa shape index (κ1) is 13.8. The molecule has 1 aliphatic rings. The third kappa shape index (κ3) is 3.46. The lowest BCUT2D eigenvalue weighted by Crippen LogP contribution is -2.37. The van der Waals surface area contributed by atoms with E-state index < -0.39 is 0 Å². The number of carbonyl (C=O) groups excluding carboxylic acids is 1. The van der Waals surface area contributed by atoms with E-state index in [0.29, 0.717) is 5.41 Å². The van der Waals surface area contributed by atoms with Crippen LogP contribution in [0.4, 0.5) is 0 Å². The molecule has 98 valence electrons. The second-order valence-corrected chi connectivity index (χ2v) is 6.70. The van der Waals surface area contributed by atoms with Crippen molar-refractivity contribution < 1.29 is 4.79 Å². The highest BCUT2D eigenvalue weighted by Gasteiger charge is 2.27. The molecule has 0 saturated heterocycles. The number of halogens is 1. The zero-order chi connectivity index (χ0) is 13.0. The van der Waals surface area contributed by atoms with Crippen LogP contribution in [0.5, 0.6) is 0 Å². The molecule has 1 saturated carbocycles. The number of amides is 1. The third-order valence-corrected chi connectivity index (χ3v) is 4.80. The van der Waals surface area contributed by atoms with E-state index in [1.165, 1.54) is 32.1 Å². The predicted molar refractivity (Wildman–Crippen MR) is 82.7 cm³/mol. The van der Waals surface area contributed by atoms with Crippen molar-refractivity contribution in [1.82, 2.24) is 5.32 Å². The van der Waals surface area contributed by atoms with E-state index in [0.717, 1.165) is 15.7 Å². The summed E-state index contributed by atoms with van der Waals surface area (Å²) in [6.45, 7) is 3.10. The van der Waals surface area contributed by atoms with Gasteiger partial charge in [-0.15, -0.1) is 0 Å². The maximum Gasteiger partial charge on any atom is 0.252 e. The van der Waals surface area contributed by atoms with Gasteiger partial charge >= 0.3 is 0 Å². The SMILES string of the molecule is CC1(CNC(=O)c2ccccc2I)CCCCC1. The van der Waals surface area contributed by atoms with Crippen LogP contribution >= 0.6 is 22.6 Å². The van der Waals surface area contributed by atoms with Gasteiger partial charge in [-0.2, -0.15) is 0 Å². The normalized spacial score (nSPS) is 18.3. The fraction of sp³-hybridized carbons (Fsp3) is 0.533. The largest absolute Gasteiger partial charge is 0.351 e. The number of benzene rings is 1. The van der Waals surface area contributed by atoms with Crippen LogP contribution in [0, 0.1) is 8.99 Å². The highest BCUT2D eigenvalue weighted by atomic mass is 127. The summed E-state index contributed by atoms with van der Waals surface area (Å²) in [5, 5.41) is 3.11. The summed E-state index contributed by atoms with van der Waals surface area (Å²) in [5.74, 6) is 0.0619. The van der Waals surface area contributed by atoms with Crippen LogP contribution in [-0.2, 0) is 0 Å². The molecule has 3 heteroatoms. The number of carbonyl (C=O) groups is 1. The Bertz CT molecular complexity index is 424. The van der Waals surface area contributed by atoms with Gasteiger partial charge in [0.2, 0.25) is 0 Å². The maximum atomic E-state index is 12.1. The van der Waals surface area contributed by atoms with E-state index in [1.54, 1.807) is 0 Å². The lowest BCUT2D eigenvalue weighted by molar-refractivity contribution is 0.0918. The van der Waals surface area contributed by atoms with Gasteiger partial charge < -0.3 is 5.32 Å². The summed E-state index contributed by atoms with van der Waals surface area (Å²) in [5.41, 5.74) is 1.09. The van der Waals surface area contributed by atoms with Crippen molar-refractivity contribution in [3.63, 3.8) is 0 Å².